The molecule has 0 aliphatic heterocycles. The maximum absolute atomic E-state index is 2.48. The minimum Gasteiger partial charge on any atom is -0.0622 e. The summed E-state index contributed by atoms with van der Waals surface area (Å²) in [5, 5.41) is 5.04. The van der Waals surface area contributed by atoms with Crippen LogP contribution in [0.15, 0.2) is 200 Å². The van der Waals surface area contributed by atoms with Crippen LogP contribution >= 0.6 is 0 Å². The van der Waals surface area contributed by atoms with Gasteiger partial charge in [-0.3, -0.25) is 0 Å². The van der Waals surface area contributed by atoms with Gasteiger partial charge >= 0.3 is 0 Å². The SMILES string of the molecule is CC(C)c1cc(-c2ccc3c(c2)C(c2ccccc2)(c2ccccc2)c2ccccc2-3)cc(-c2ccc3cc(-c4ccc5ccccc5c4)ccc3c2)c1. The van der Waals surface area contributed by atoms with Crippen LogP contribution in [0.2, 0.25) is 0 Å². The van der Waals surface area contributed by atoms with E-state index in [2.05, 4.69) is 214 Å². The second kappa shape index (κ2) is 12.9. The zero-order chi connectivity index (χ0) is 36.2. The van der Waals surface area contributed by atoms with Crippen LogP contribution in [-0.4, -0.2) is 0 Å². The minimum atomic E-state index is -0.424. The van der Waals surface area contributed by atoms with E-state index in [0.717, 1.165) is 0 Å². The molecule has 9 aromatic carbocycles. The lowest BCUT2D eigenvalue weighted by Crippen LogP contribution is -2.28. The highest BCUT2D eigenvalue weighted by Crippen LogP contribution is 2.56. The normalized spacial score (nSPS) is 12.9. The molecule has 0 aromatic heterocycles. The van der Waals surface area contributed by atoms with Gasteiger partial charge in [-0.25, -0.2) is 0 Å². The van der Waals surface area contributed by atoms with Gasteiger partial charge in [0.1, 0.15) is 0 Å². The van der Waals surface area contributed by atoms with Crippen molar-refractivity contribution in [2.75, 3.05) is 0 Å². The fraction of sp³-hybridized carbons (Fsp3) is 0.0741. The Morgan fingerprint density at radius 3 is 1.37 bits per heavy atom. The predicted molar refractivity (Wildman–Crippen MR) is 229 cm³/mol. The first-order valence-electron chi connectivity index (χ1n) is 19.1. The third-order valence-electron chi connectivity index (χ3n) is 11.7. The highest BCUT2D eigenvalue weighted by Gasteiger charge is 2.46. The molecule has 0 fully saturated rings. The molecule has 0 amide bonds. The van der Waals surface area contributed by atoms with Crippen LogP contribution in [0.1, 0.15) is 47.6 Å². The molecule has 0 saturated carbocycles. The van der Waals surface area contributed by atoms with E-state index in [9.17, 15) is 0 Å². The van der Waals surface area contributed by atoms with Crippen molar-refractivity contribution in [3.8, 4) is 44.5 Å². The molecule has 0 heteroatoms. The van der Waals surface area contributed by atoms with E-state index in [4.69, 9.17) is 0 Å². The molecule has 10 rings (SSSR count). The molecule has 0 radical (unpaired) electrons. The number of fused-ring (bicyclic) bond motifs is 5. The Hall–Kier alpha value is -6.50. The van der Waals surface area contributed by atoms with E-state index >= 15 is 0 Å². The van der Waals surface area contributed by atoms with Gasteiger partial charge in [-0.2, -0.15) is 0 Å². The van der Waals surface area contributed by atoms with Crippen LogP contribution in [0.5, 0.6) is 0 Å². The van der Waals surface area contributed by atoms with Crippen LogP contribution in [0.25, 0.3) is 66.1 Å². The number of hydrogen-bond donors (Lipinski definition) is 0. The van der Waals surface area contributed by atoms with Crippen LogP contribution in [0.3, 0.4) is 0 Å². The van der Waals surface area contributed by atoms with E-state index in [1.165, 1.54) is 93.9 Å². The maximum atomic E-state index is 2.48. The quantitative estimate of drug-likeness (QED) is 0.163. The summed E-state index contributed by atoms with van der Waals surface area (Å²) >= 11 is 0. The lowest BCUT2D eigenvalue weighted by molar-refractivity contribution is 0.769. The van der Waals surface area contributed by atoms with E-state index in [0.29, 0.717) is 5.92 Å². The summed E-state index contributed by atoms with van der Waals surface area (Å²) in [6.07, 6.45) is 0. The van der Waals surface area contributed by atoms with E-state index in [1.807, 2.05) is 0 Å². The monoisotopic (exact) mass is 688 g/mol. The fourth-order valence-electron chi connectivity index (χ4n) is 8.92. The van der Waals surface area contributed by atoms with Gasteiger partial charge in [0.2, 0.25) is 0 Å². The Labute approximate surface area is 318 Å². The molecule has 256 valence electrons. The fourth-order valence-corrected chi connectivity index (χ4v) is 8.92. The lowest BCUT2D eigenvalue weighted by atomic mass is 9.67. The molecule has 0 atom stereocenters. The largest absolute Gasteiger partial charge is 0.0713 e. The summed E-state index contributed by atoms with van der Waals surface area (Å²) < 4.78 is 0. The van der Waals surface area contributed by atoms with Crippen LogP contribution in [0.4, 0.5) is 0 Å². The summed E-state index contributed by atoms with van der Waals surface area (Å²) in [5.41, 5.74) is 16.2. The average Bonchev–Trinajstić information content (AvgIpc) is 3.54. The van der Waals surface area contributed by atoms with Crippen LogP contribution in [-0.2, 0) is 5.41 Å². The van der Waals surface area contributed by atoms with Gasteiger partial charge in [-0.1, -0.05) is 184 Å². The summed E-state index contributed by atoms with van der Waals surface area (Å²) in [6, 6.07) is 74.7. The van der Waals surface area contributed by atoms with E-state index in [1.54, 1.807) is 0 Å². The third kappa shape index (κ3) is 5.21. The minimum absolute atomic E-state index is 0.389. The first-order chi connectivity index (χ1) is 26.6. The lowest BCUT2D eigenvalue weighted by Gasteiger charge is -2.34. The van der Waals surface area contributed by atoms with Crippen molar-refractivity contribution in [2.45, 2.75) is 25.2 Å². The Bertz CT molecular complexity index is 2800. The average molecular weight is 689 g/mol. The van der Waals surface area contributed by atoms with Crippen molar-refractivity contribution in [3.05, 3.63) is 228 Å². The van der Waals surface area contributed by atoms with Crippen molar-refractivity contribution in [1.29, 1.82) is 0 Å². The topological polar surface area (TPSA) is 0 Å². The molecule has 1 aliphatic carbocycles. The molecule has 9 aromatic rings. The Balaban J connectivity index is 1.10. The second-order valence-corrected chi connectivity index (χ2v) is 15.1. The van der Waals surface area contributed by atoms with Crippen molar-refractivity contribution >= 4 is 21.5 Å². The Morgan fingerprint density at radius 1 is 0.315 bits per heavy atom. The van der Waals surface area contributed by atoms with Crippen LogP contribution in [0, 0.1) is 0 Å². The molecule has 0 nitrogen and oxygen atoms in total. The zero-order valence-corrected chi connectivity index (χ0v) is 30.6. The molecule has 0 saturated heterocycles. The Kier molecular flexibility index (Phi) is 7.67. The number of rotatable bonds is 6. The maximum Gasteiger partial charge on any atom is 0.0713 e. The van der Waals surface area contributed by atoms with E-state index < -0.39 is 5.41 Å². The van der Waals surface area contributed by atoms with Gasteiger partial charge in [0.25, 0.3) is 0 Å². The molecule has 0 spiro atoms. The summed E-state index contributed by atoms with van der Waals surface area (Å²) in [4.78, 5) is 0. The molecule has 54 heavy (non-hydrogen) atoms. The Morgan fingerprint density at radius 2 is 0.759 bits per heavy atom. The number of benzene rings is 9. The first-order valence-corrected chi connectivity index (χ1v) is 19.1. The third-order valence-corrected chi connectivity index (χ3v) is 11.7. The van der Waals surface area contributed by atoms with Crippen molar-refractivity contribution < 1.29 is 0 Å². The second-order valence-electron chi connectivity index (χ2n) is 15.1. The van der Waals surface area contributed by atoms with Crippen LogP contribution < -0.4 is 0 Å². The molecule has 0 bridgehead atoms. The molecule has 0 unspecified atom stereocenters. The van der Waals surface area contributed by atoms with Gasteiger partial charge < -0.3 is 0 Å². The van der Waals surface area contributed by atoms with Crippen molar-refractivity contribution in [2.24, 2.45) is 0 Å². The summed E-state index contributed by atoms with van der Waals surface area (Å²) in [7, 11) is 0. The van der Waals surface area contributed by atoms with Gasteiger partial charge in [-0.05, 0) is 130 Å². The van der Waals surface area contributed by atoms with Gasteiger partial charge in [0, 0.05) is 0 Å². The summed E-state index contributed by atoms with van der Waals surface area (Å²) in [5.74, 6) is 0.389. The van der Waals surface area contributed by atoms with E-state index in [-0.39, 0.29) is 0 Å². The van der Waals surface area contributed by atoms with Gasteiger partial charge in [-0.15, -0.1) is 0 Å². The van der Waals surface area contributed by atoms with Crippen molar-refractivity contribution in [3.63, 3.8) is 0 Å². The number of hydrogen-bond acceptors (Lipinski definition) is 0. The first kappa shape index (κ1) is 32.2. The molecular formula is C54H40. The smallest absolute Gasteiger partial charge is 0.0622 e. The molecule has 0 heterocycles. The standard InChI is InChI=1S/C54H40/c1-36(2)45-32-46(43-26-25-41-30-40(23-24-42(41)31-43)39-22-21-37-13-9-10-14-38(37)29-39)34-47(33-45)44-27-28-51-50-19-11-12-20-52(50)54(53(51)35-44,48-15-5-3-6-16-48)49-17-7-4-8-18-49/h3-36H,1-2H3. The summed E-state index contributed by atoms with van der Waals surface area (Å²) in [6.45, 7) is 4.60. The molecule has 0 N–H and O–H groups in total. The van der Waals surface area contributed by atoms with Crippen molar-refractivity contribution in [1.82, 2.24) is 0 Å². The molecule has 1 aliphatic rings. The van der Waals surface area contributed by atoms with Gasteiger partial charge in [0.15, 0.2) is 0 Å². The predicted octanol–water partition coefficient (Wildman–Crippen LogP) is 14.5. The zero-order valence-electron chi connectivity index (χ0n) is 30.6. The molecular weight excluding hydrogens is 649 g/mol. The highest BCUT2D eigenvalue weighted by atomic mass is 14.5. The van der Waals surface area contributed by atoms with Gasteiger partial charge in [0.05, 0.1) is 5.41 Å². The highest BCUT2D eigenvalue weighted by molar-refractivity contribution is 5.94.